The van der Waals surface area contributed by atoms with Crippen LogP contribution in [0.2, 0.25) is 0 Å². The third-order valence-electron chi connectivity index (χ3n) is 3.71. The Morgan fingerprint density at radius 2 is 1.87 bits per heavy atom. The quantitative estimate of drug-likeness (QED) is 0.171. The summed E-state index contributed by atoms with van der Waals surface area (Å²) in [5.74, 6) is -0.157. The van der Waals surface area contributed by atoms with Crippen molar-refractivity contribution in [1.29, 1.82) is 0 Å². The first-order valence-electron chi connectivity index (χ1n) is 7.70. The first kappa shape index (κ1) is 26.5. The van der Waals surface area contributed by atoms with Gasteiger partial charge in [-0.05, 0) is 6.07 Å². The lowest BCUT2D eigenvalue weighted by Gasteiger charge is -2.29. The second kappa shape index (κ2) is 9.23. The van der Waals surface area contributed by atoms with Gasteiger partial charge >= 0.3 is 29.2 Å². The molecule has 0 aliphatic carbocycles. The van der Waals surface area contributed by atoms with E-state index in [-0.39, 0.29) is 5.82 Å². The Bertz CT molecular complexity index is 1020. The Kier molecular flexibility index (Phi) is 7.89. The van der Waals surface area contributed by atoms with Crippen LogP contribution < -0.4 is 11.4 Å². The van der Waals surface area contributed by atoms with E-state index in [1.165, 1.54) is 6.07 Å². The molecule has 2 rings (SSSR count). The van der Waals surface area contributed by atoms with Gasteiger partial charge in [0.1, 0.15) is 24.0 Å². The van der Waals surface area contributed by atoms with Gasteiger partial charge in [0.05, 0.1) is 6.61 Å². The molecule has 7 N–H and O–H groups in total. The number of alkyl halides is 2. The van der Waals surface area contributed by atoms with Crippen LogP contribution in [0.15, 0.2) is 17.1 Å². The van der Waals surface area contributed by atoms with Gasteiger partial charge in [0.25, 0.3) is 0 Å². The van der Waals surface area contributed by atoms with Gasteiger partial charge in [0, 0.05) is 6.20 Å². The maximum absolute atomic E-state index is 13.8. The summed E-state index contributed by atoms with van der Waals surface area (Å²) >= 11 is 6.00. The number of phosphoric acid groups is 3. The highest BCUT2D eigenvalue weighted by Crippen LogP contribution is 2.66. The molecule has 0 bridgehead atoms. The standard InChI is InChI=1S/C10H16ClFN3O13P3/c11-6-7(16)10(3-12,26-8(6)15-2-1-5(13)14-9(15)17)4-25-30(21,22)28-31(23,24)27-29(18,19)20/h1-2,6-8,16H,3-4H2,(H,21,22)(H,23,24)(H2,13,14,17)(H2,18,19,20)/t6-,7-,8?,10+/m0/s1. The van der Waals surface area contributed by atoms with Crippen molar-refractivity contribution in [2.75, 3.05) is 19.0 Å². The topological polar surface area (TPSA) is 250 Å². The normalized spacial score (nSPS) is 30.6. The molecule has 2 heterocycles. The minimum absolute atomic E-state index is 0.157. The highest BCUT2D eigenvalue weighted by atomic mass is 35.5. The fourth-order valence-electron chi connectivity index (χ4n) is 2.41. The molecule has 1 aliphatic heterocycles. The molecule has 16 nitrogen and oxygen atoms in total. The number of hydrogen-bond donors (Lipinski definition) is 6. The maximum Gasteiger partial charge on any atom is 0.490 e. The summed E-state index contributed by atoms with van der Waals surface area (Å²) in [6, 6.07) is 1.17. The monoisotopic (exact) mass is 533 g/mol. The predicted molar refractivity (Wildman–Crippen MR) is 97.2 cm³/mol. The molecule has 0 amide bonds. The van der Waals surface area contributed by atoms with E-state index in [9.17, 15) is 32.9 Å². The molecule has 3 unspecified atom stereocenters. The molecule has 21 heteroatoms. The van der Waals surface area contributed by atoms with Crippen molar-refractivity contribution in [3.63, 3.8) is 0 Å². The fourth-order valence-corrected chi connectivity index (χ4v) is 5.89. The van der Waals surface area contributed by atoms with Gasteiger partial charge in [0.2, 0.25) is 0 Å². The van der Waals surface area contributed by atoms with E-state index in [0.717, 1.165) is 10.8 Å². The smallest absolute Gasteiger partial charge is 0.388 e. The minimum Gasteiger partial charge on any atom is -0.388 e. The number of hydrogen-bond acceptors (Lipinski definition) is 11. The predicted octanol–water partition coefficient (Wildman–Crippen LogP) is -0.626. The lowest BCUT2D eigenvalue weighted by molar-refractivity contribution is -0.135. The number of nitrogens with two attached hydrogens (primary N) is 1. The average molecular weight is 534 g/mol. The van der Waals surface area contributed by atoms with Crippen molar-refractivity contribution >= 4 is 40.9 Å². The van der Waals surface area contributed by atoms with Crippen molar-refractivity contribution in [2.24, 2.45) is 0 Å². The molecular weight excluding hydrogens is 517 g/mol. The third kappa shape index (κ3) is 6.62. The fraction of sp³-hybridized carbons (Fsp3) is 0.600. The number of ether oxygens (including phenoxy) is 1. The van der Waals surface area contributed by atoms with Crippen molar-refractivity contribution in [2.45, 2.75) is 23.3 Å². The van der Waals surface area contributed by atoms with Crippen molar-refractivity contribution in [3.05, 3.63) is 22.7 Å². The number of rotatable bonds is 9. The average Bonchev–Trinajstić information content (AvgIpc) is 2.82. The zero-order valence-corrected chi connectivity index (χ0v) is 18.3. The molecule has 0 spiro atoms. The van der Waals surface area contributed by atoms with E-state index >= 15 is 0 Å². The molecule has 0 aromatic carbocycles. The van der Waals surface area contributed by atoms with Crippen LogP contribution in [0.1, 0.15) is 6.23 Å². The minimum atomic E-state index is -5.82. The number of phosphoric ester groups is 1. The highest BCUT2D eigenvalue weighted by Gasteiger charge is 2.57. The Labute approximate surface area is 176 Å². The van der Waals surface area contributed by atoms with Crippen LogP contribution in [0, 0.1) is 0 Å². The van der Waals surface area contributed by atoms with Crippen molar-refractivity contribution in [1.82, 2.24) is 9.55 Å². The van der Waals surface area contributed by atoms with E-state index in [1.807, 2.05) is 0 Å². The number of anilines is 1. The molecule has 6 atom stereocenters. The zero-order chi connectivity index (χ0) is 23.8. The van der Waals surface area contributed by atoms with Gasteiger partial charge in [-0.15, -0.1) is 11.6 Å². The van der Waals surface area contributed by atoms with Crippen LogP contribution in [0.25, 0.3) is 0 Å². The summed E-state index contributed by atoms with van der Waals surface area (Å²) in [6.07, 6.45) is -2.42. The van der Waals surface area contributed by atoms with Crippen LogP contribution >= 0.6 is 35.1 Å². The van der Waals surface area contributed by atoms with Gasteiger partial charge in [-0.3, -0.25) is 9.09 Å². The zero-order valence-electron chi connectivity index (χ0n) is 14.9. The van der Waals surface area contributed by atoms with E-state index in [1.54, 1.807) is 0 Å². The van der Waals surface area contributed by atoms with E-state index in [2.05, 4.69) is 18.1 Å². The summed E-state index contributed by atoms with van der Waals surface area (Å²) in [7, 11) is -17.1. The number of nitrogens with zero attached hydrogens (tertiary/aromatic N) is 2. The Balaban J connectivity index is 2.20. The Morgan fingerprint density at radius 1 is 1.26 bits per heavy atom. The molecule has 0 saturated carbocycles. The molecule has 1 saturated heterocycles. The first-order valence-corrected chi connectivity index (χ1v) is 12.7. The Hall–Kier alpha value is -0.770. The second-order valence-electron chi connectivity index (χ2n) is 6.00. The van der Waals surface area contributed by atoms with Crippen LogP contribution in [0.4, 0.5) is 10.2 Å². The van der Waals surface area contributed by atoms with Gasteiger partial charge in [0.15, 0.2) is 11.8 Å². The SMILES string of the molecule is Nc1ccn(C2O[C@](CF)(COP(=O)(O)OP(=O)(O)OP(=O)(O)O)[C@@H](O)[C@@H]2Cl)c(=O)n1. The molecule has 1 fully saturated rings. The van der Waals surface area contributed by atoms with Gasteiger partial charge < -0.3 is 35.2 Å². The van der Waals surface area contributed by atoms with Crippen LogP contribution in [0.3, 0.4) is 0 Å². The summed E-state index contributed by atoms with van der Waals surface area (Å²) in [5.41, 5.74) is 1.90. The van der Waals surface area contributed by atoms with Gasteiger partial charge in [-0.2, -0.15) is 13.6 Å². The number of aliphatic hydroxyl groups is 1. The van der Waals surface area contributed by atoms with Crippen molar-refractivity contribution < 1.29 is 60.6 Å². The number of halogens is 2. The first-order chi connectivity index (χ1) is 14.0. The summed E-state index contributed by atoms with van der Waals surface area (Å²) in [4.78, 5) is 50.9. The summed E-state index contributed by atoms with van der Waals surface area (Å²) in [6.45, 7) is -2.92. The lowest BCUT2D eigenvalue weighted by atomic mass is 9.99. The molecule has 31 heavy (non-hydrogen) atoms. The Morgan fingerprint density at radius 3 is 2.39 bits per heavy atom. The molecule has 1 aromatic heterocycles. The maximum atomic E-state index is 13.8. The number of aromatic nitrogens is 2. The highest BCUT2D eigenvalue weighted by molar-refractivity contribution is 7.66. The second-order valence-corrected chi connectivity index (χ2v) is 10.9. The summed E-state index contributed by atoms with van der Waals surface area (Å²) < 4.78 is 64.9. The van der Waals surface area contributed by atoms with E-state index in [4.69, 9.17) is 36.8 Å². The lowest BCUT2D eigenvalue weighted by Crippen LogP contribution is -2.48. The number of aliphatic hydroxyl groups excluding tert-OH is 1. The third-order valence-corrected chi connectivity index (χ3v) is 7.95. The van der Waals surface area contributed by atoms with Gasteiger partial charge in [-0.1, -0.05) is 0 Å². The van der Waals surface area contributed by atoms with Gasteiger partial charge in [-0.25, -0.2) is 22.9 Å². The number of nitrogen functional groups attached to an aromatic ring is 1. The molecule has 1 aliphatic rings. The molecule has 178 valence electrons. The molecule has 1 aromatic rings. The molecular formula is C10H16ClFN3O13P3. The van der Waals surface area contributed by atoms with Crippen molar-refractivity contribution in [3.8, 4) is 0 Å². The molecule has 0 radical (unpaired) electrons. The van der Waals surface area contributed by atoms with E-state index < -0.39 is 65.7 Å². The largest absolute Gasteiger partial charge is 0.490 e. The summed E-state index contributed by atoms with van der Waals surface area (Å²) in [5, 5.41) is 8.78. The van der Waals surface area contributed by atoms with Crippen LogP contribution in [-0.2, 0) is 31.6 Å². The van der Waals surface area contributed by atoms with E-state index in [0.29, 0.717) is 0 Å². The van der Waals surface area contributed by atoms with Crippen LogP contribution in [0.5, 0.6) is 0 Å². The van der Waals surface area contributed by atoms with Crippen LogP contribution in [-0.4, -0.2) is 64.6 Å².